The fourth-order valence-corrected chi connectivity index (χ4v) is 6.41. The Morgan fingerprint density at radius 2 is 1.35 bits per heavy atom. The highest BCUT2D eigenvalue weighted by molar-refractivity contribution is 7.13. The van der Waals surface area contributed by atoms with Crippen molar-refractivity contribution in [2.45, 2.75) is 92.3 Å². The lowest BCUT2D eigenvalue weighted by molar-refractivity contribution is -0.00691. The Morgan fingerprint density at radius 1 is 0.870 bits per heavy atom. The third kappa shape index (κ3) is 3.64. The Balaban J connectivity index is 2.56. The molecule has 2 fully saturated rings. The Kier molecular flexibility index (Phi) is 5.07. The number of fused-ring (bicyclic) bond motifs is 1. The second-order valence-corrected chi connectivity index (χ2v) is 11.3. The molecule has 2 saturated heterocycles. The predicted octanol–water partition coefficient (Wildman–Crippen LogP) is 4.21. The molecule has 4 atom stereocenters. The van der Waals surface area contributed by atoms with Crippen molar-refractivity contribution in [2.75, 3.05) is 6.54 Å². The molecule has 23 heavy (non-hydrogen) atoms. The molecule has 0 saturated carbocycles. The zero-order valence-corrected chi connectivity index (χ0v) is 18.0. The number of hydrogen-bond donors (Lipinski definition) is 2. The van der Waals surface area contributed by atoms with Crippen LogP contribution in [0.1, 0.15) is 75.2 Å². The molecule has 0 amide bonds. The molecule has 2 aliphatic heterocycles. The summed E-state index contributed by atoms with van der Waals surface area (Å²) in [5.41, 5.74) is 8.00. The van der Waals surface area contributed by atoms with Crippen LogP contribution in [0.2, 0.25) is 0 Å². The van der Waals surface area contributed by atoms with Gasteiger partial charge in [-0.05, 0) is 63.2 Å². The standard InChI is InChI=1S/C19H40N3P/c1-13-10-20-21-15-14(13)16(2,3)11-18(6,7)22(23)19(8,9)12-17(15,4)5/h13-15,20-21H,10-12,23H2,1-9H3. The molecule has 4 heteroatoms. The molecule has 0 aromatic carbocycles. The molecule has 2 N–H and O–H groups in total. The lowest BCUT2D eigenvalue weighted by atomic mass is 9.58. The second kappa shape index (κ2) is 5.94. The van der Waals surface area contributed by atoms with Crippen LogP contribution in [0.5, 0.6) is 0 Å². The molecule has 3 nitrogen and oxygen atoms in total. The highest BCUT2D eigenvalue weighted by atomic mass is 31.0. The molecular formula is C19H40N3P. The van der Waals surface area contributed by atoms with Crippen molar-refractivity contribution < 1.29 is 0 Å². The summed E-state index contributed by atoms with van der Waals surface area (Å²) in [7, 11) is 3.06. The first-order chi connectivity index (χ1) is 10.2. The van der Waals surface area contributed by atoms with Crippen molar-refractivity contribution in [2.24, 2.45) is 22.7 Å². The van der Waals surface area contributed by atoms with Crippen molar-refractivity contribution in [3.05, 3.63) is 0 Å². The quantitative estimate of drug-likeness (QED) is 0.646. The van der Waals surface area contributed by atoms with Crippen LogP contribution in [0.15, 0.2) is 0 Å². The number of rotatable bonds is 0. The van der Waals surface area contributed by atoms with E-state index in [9.17, 15) is 0 Å². The zero-order chi connectivity index (χ0) is 17.8. The molecule has 0 aliphatic carbocycles. The first-order valence-corrected chi connectivity index (χ1v) is 9.76. The summed E-state index contributed by atoms with van der Waals surface area (Å²) in [6.07, 6.45) is 2.38. The van der Waals surface area contributed by atoms with E-state index in [0.717, 1.165) is 6.54 Å². The molecule has 0 bridgehead atoms. The maximum absolute atomic E-state index is 3.70. The van der Waals surface area contributed by atoms with Crippen LogP contribution >= 0.6 is 9.39 Å². The van der Waals surface area contributed by atoms with Crippen molar-refractivity contribution >= 4 is 9.39 Å². The van der Waals surface area contributed by atoms with Gasteiger partial charge in [-0.25, -0.2) is 0 Å². The van der Waals surface area contributed by atoms with E-state index in [1.54, 1.807) is 0 Å². The van der Waals surface area contributed by atoms with Gasteiger partial charge < -0.3 is 0 Å². The molecule has 0 spiro atoms. The van der Waals surface area contributed by atoms with E-state index >= 15 is 0 Å². The Morgan fingerprint density at radius 3 is 1.87 bits per heavy atom. The summed E-state index contributed by atoms with van der Waals surface area (Å²) in [5, 5.41) is 0. The van der Waals surface area contributed by atoms with Crippen LogP contribution in [0.4, 0.5) is 0 Å². The van der Waals surface area contributed by atoms with E-state index in [2.05, 4.69) is 87.2 Å². The van der Waals surface area contributed by atoms with E-state index in [0.29, 0.717) is 17.9 Å². The van der Waals surface area contributed by atoms with Gasteiger partial charge in [-0.1, -0.05) is 44.0 Å². The fraction of sp³-hybridized carbons (Fsp3) is 1.00. The summed E-state index contributed by atoms with van der Waals surface area (Å²) in [6.45, 7) is 23.0. The van der Waals surface area contributed by atoms with Gasteiger partial charge in [0.25, 0.3) is 0 Å². The van der Waals surface area contributed by atoms with Crippen molar-refractivity contribution in [1.82, 2.24) is 15.5 Å². The molecule has 2 rings (SSSR count). The van der Waals surface area contributed by atoms with Gasteiger partial charge in [-0.2, -0.15) is 0 Å². The van der Waals surface area contributed by atoms with Gasteiger partial charge in [-0.3, -0.25) is 15.5 Å². The van der Waals surface area contributed by atoms with E-state index in [-0.39, 0.29) is 21.9 Å². The molecule has 4 unspecified atom stereocenters. The van der Waals surface area contributed by atoms with Crippen LogP contribution in [-0.2, 0) is 0 Å². The van der Waals surface area contributed by atoms with Gasteiger partial charge in [0.2, 0.25) is 0 Å². The predicted molar refractivity (Wildman–Crippen MR) is 104 cm³/mol. The number of hydrogen-bond acceptors (Lipinski definition) is 3. The average molecular weight is 342 g/mol. The van der Waals surface area contributed by atoms with Gasteiger partial charge in [0, 0.05) is 23.7 Å². The van der Waals surface area contributed by atoms with Crippen LogP contribution in [0.3, 0.4) is 0 Å². The molecular weight excluding hydrogens is 301 g/mol. The van der Waals surface area contributed by atoms with E-state index < -0.39 is 0 Å². The summed E-state index contributed by atoms with van der Waals surface area (Å²) in [5.74, 6) is 1.36. The topological polar surface area (TPSA) is 27.3 Å². The van der Waals surface area contributed by atoms with Gasteiger partial charge in [0.1, 0.15) is 0 Å². The molecule has 136 valence electrons. The lowest BCUT2D eigenvalue weighted by Gasteiger charge is -2.53. The van der Waals surface area contributed by atoms with Gasteiger partial charge in [0.15, 0.2) is 0 Å². The monoisotopic (exact) mass is 341 g/mol. The highest BCUT2D eigenvalue weighted by Gasteiger charge is 2.53. The maximum atomic E-state index is 3.70. The Hall–Kier alpha value is 0.310. The number of nitrogens with zero attached hydrogens (tertiary/aromatic N) is 1. The Labute approximate surface area is 147 Å². The maximum Gasteiger partial charge on any atom is 0.0301 e. The smallest absolute Gasteiger partial charge is 0.0301 e. The van der Waals surface area contributed by atoms with Crippen molar-refractivity contribution in [3.63, 3.8) is 0 Å². The third-order valence-corrected chi connectivity index (χ3v) is 7.88. The van der Waals surface area contributed by atoms with E-state index in [1.807, 2.05) is 0 Å². The SMILES string of the molecule is CC1CNNC2C1C(C)(C)CC(C)(C)N(P)C(C)(C)CC2(C)C. The Bertz CT molecular complexity index is 442. The molecule has 0 radical (unpaired) electrons. The third-order valence-electron chi connectivity index (χ3n) is 6.48. The summed E-state index contributed by atoms with van der Waals surface area (Å²) < 4.78 is 2.55. The van der Waals surface area contributed by atoms with Gasteiger partial charge in [0.05, 0.1) is 0 Å². The lowest BCUT2D eigenvalue weighted by Crippen LogP contribution is -2.64. The minimum Gasteiger partial charge on any atom is -0.277 e. The van der Waals surface area contributed by atoms with Crippen molar-refractivity contribution in [3.8, 4) is 0 Å². The van der Waals surface area contributed by atoms with Crippen LogP contribution in [0, 0.1) is 22.7 Å². The van der Waals surface area contributed by atoms with E-state index in [4.69, 9.17) is 0 Å². The minimum absolute atomic E-state index is 0.144. The van der Waals surface area contributed by atoms with Crippen LogP contribution < -0.4 is 10.9 Å². The van der Waals surface area contributed by atoms with Gasteiger partial charge >= 0.3 is 0 Å². The molecule has 2 aliphatic rings. The molecule has 0 aromatic rings. The van der Waals surface area contributed by atoms with Gasteiger partial charge in [-0.15, -0.1) is 0 Å². The molecule has 2 heterocycles. The normalized spacial score (nSPS) is 39.7. The first-order valence-electron chi connectivity index (χ1n) is 9.24. The van der Waals surface area contributed by atoms with E-state index in [1.165, 1.54) is 12.8 Å². The summed E-state index contributed by atoms with van der Waals surface area (Å²) >= 11 is 0. The molecule has 0 aromatic heterocycles. The fourth-order valence-electron chi connectivity index (χ4n) is 6.23. The van der Waals surface area contributed by atoms with Crippen LogP contribution in [0.25, 0.3) is 0 Å². The first kappa shape index (κ1) is 19.6. The number of hydrazine groups is 1. The average Bonchev–Trinajstić information content (AvgIpc) is 2.34. The second-order valence-electron chi connectivity index (χ2n) is 10.8. The highest BCUT2D eigenvalue weighted by Crippen LogP contribution is 2.53. The number of nitrogens with one attached hydrogen (secondary N) is 2. The van der Waals surface area contributed by atoms with Crippen molar-refractivity contribution in [1.29, 1.82) is 0 Å². The summed E-state index contributed by atoms with van der Waals surface area (Å²) in [6, 6.07) is 0.493. The largest absolute Gasteiger partial charge is 0.277 e. The minimum atomic E-state index is 0.144. The summed E-state index contributed by atoms with van der Waals surface area (Å²) in [4.78, 5) is 0. The van der Waals surface area contributed by atoms with Crippen LogP contribution in [-0.4, -0.2) is 28.3 Å². The zero-order valence-electron chi connectivity index (χ0n) is 16.9.